The molecule has 26 heavy (non-hydrogen) atoms. The SMILES string of the molecule is CCC1CC(C(=O)Oc2cc(F)cc(OCc3ccccc3)c2)CCO1. The summed E-state index contributed by atoms with van der Waals surface area (Å²) in [6.45, 7) is 2.89. The van der Waals surface area contributed by atoms with Gasteiger partial charge in [-0.3, -0.25) is 4.79 Å². The maximum absolute atomic E-state index is 13.9. The fourth-order valence-electron chi connectivity index (χ4n) is 3.00. The van der Waals surface area contributed by atoms with Crippen LogP contribution in [-0.2, 0) is 16.1 Å². The Balaban J connectivity index is 1.62. The van der Waals surface area contributed by atoms with Crippen LogP contribution in [0, 0.1) is 11.7 Å². The van der Waals surface area contributed by atoms with Gasteiger partial charge in [-0.15, -0.1) is 0 Å². The van der Waals surface area contributed by atoms with Gasteiger partial charge in [-0.2, -0.15) is 0 Å². The Labute approximate surface area is 152 Å². The maximum Gasteiger partial charge on any atom is 0.314 e. The summed E-state index contributed by atoms with van der Waals surface area (Å²) in [5.74, 6) is -0.568. The van der Waals surface area contributed by atoms with E-state index in [0.29, 0.717) is 31.8 Å². The highest BCUT2D eigenvalue weighted by atomic mass is 19.1. The van der Waals surface area contributed by atoms with E-state index in [1.54, 1.807) is 6.07 Å². The van der Waals surface area contributed by atoms with E-state index >= 15 is 0 Å². The zero-order valence-corrected chi connectivity index (χ0v) is 14.8. The van der Waals surface area contributed by atoms with E-state index in [4.69, 9.17) is 14.2 Å². The monoisotopic (exact) mass is 358 g/mol. The van der Waals surface area contributed by atoms with Crippen molar-refractivity contribution in [2.24, 2.45) is 5.92 Å². The summed E-state index contributed by atoms with van der Waals surface area (Å²) in [6.07, 6.45) is 2.21. The second-order valence-corrected chi connectivity index (χ2v) is 6.44. The van der Waals surface area contributed by atoms with Gasteiger partial charge in [0, 0.05) is 24.8 Å². The van der Waals surface area contributed by atoms with E-state index in [1.165, 1.54) is 12.1 Å². The van der Waals surface area contributed by atoms with E-state index in [1.807, 2.05) is 37.3 Å². The van der Waals surface area contributed by atoms with E-state index in [-0.39, 0.29) is 23.7 Å². The fraction of sp³-hybridized carbons (Fsp3) is 0.381. The van der Waals surface area contributed by atoms with Gasteiger partial charge in [-0.05, 0) is 24.8 Å². The maximum atomic E-state index is 13.9. The zero-order valence-electron chi connectivity index (χ0n) is 14.8. The summed E-state index contributed by atoms with van der Waals surface area (Å²) >= 11 is 0. The Kier molecular flexibility index (Phi) is 6.23. The van der Waals surface area contributed by atoms with Gasteiger partial charge in [0.1, 0.15) is 23.9 Å². The van der Waals surface area contributed by atoms with Crippen LogP contribution >= 0.6 is 0 Å². The molecule has 0 saturated carbocycles. The van der Waals surface area contributed by atoms with Gasteiger partial charge in [0.2, 0.25) is 0 Å². The van der Waals surface area contributed by atoms with Crippen LogP contribution in [0.1, 0.15) is 31.7 Å². The van der Waals surface area contributed by atoms with Crippen molar-refractivity contribution in [3.63, 3.8) is 0 Å². The molecular weight excluding hydrogens is 335 g/mol. The lowest BCUT2D eigenvalue weighted by atomic mass is 9.94. The highest BCUT2D eigenvalue weighted by molar-refractivity contribution is 5.75. The van der Waals surface area contributed by atoms with E-state index < -0.39 is 5.82 Å². The molecule has 4 nitrogen and oxygen atoms in total. The molecule has 2 atom stereocenters. The molecule has 0 amide bonds. The van der Waals surface area contributed by atoms with E-state index in [9.17, 15) is 9.18 Å². The Morgan fingerprint density at radius 2 is 1.96 bits per heavy atom. The molecule has 0 N–H and O–H groups in total. The molecule has 138 valence electrons. The van der Waals surface area contributed by atoms with Crippen LogP contribution in [0.25, 0.3) is 0 Å². The molecule has 0 aromatic heterocycles. The van der Waals surface area contributed by atoms with Gasteiger partial charge in [-0.25, -0.2) is 4.39 Å². The number of hydrogen-bond acceptors (Lipinski definition) is 4. The van der Waals surface area contributed by atoms with Crippen LogP contribution in [-0.4, -0.2) is 18.7 Å². The first kappa shape index (κ1) is 18.4. The molecule has 2 aromatic carbocycles. The molecule has 0 radical (unpaired) electrons. The molecule has 1 aliphatic heterocycles. The highest BCUT2D eigenvalue weighted by Crippen LogP contribution is 2.27. The standard InChI is InChI=1S/C21H23FO4/c1-2-18-10-16(8-9-24-18)21(23)26-20-12-17(22)11-19(13-20)25-14-15-6-4-3-5-7-15/h3-7,11-13,16,18H,2,8-10,14H2,1H3. The molecule has 0 aliphatic carbocycles. The number of ether oxygens (including phenoxy) is 3. The fourth-order valence-corrected chi connectivity index (χ4v) is 3.00. The number of rotatable bonds is 6. The number of hydrogen-bond donors (Lipinski definition) is 0. The van der Waals surface area contributed by atoms with Crippen molar-refractivity contribution in [2.75, 3.05) is 6.61 Å². The van der Waals surface area contributed by atoms with Crippen LogP contribution in [0.5, 0.6) is 11.5 Å². The molecule has 1 saturated heterocycles. The summed E-state index contributed by atoms with van der Waals surface area (Å²) in [4.78, 5) is 12.4. The number of benzene rings is 2. The van der Waals surface area contributed by atoms with Gasteiger partial charge in [-0.1, -0.05) is 37.3 Å². The summed E-state index contributed by atoms with van der Waals surface area (Å²) in [5, 5.41) is 0. The van der Waals surface area contributed by atoms with Crippen molar-refractivity contribution in [3.05, 3.63) is 59.9 Å². The number of carbonyl (C=O) groups excluding carboxylic acids is 1. The van der Waals surface area contributed by atoms with Crippen molar-refractivity contribution < 1.29 is 23.4 Å². The predicted octanol–water partition coefficient (Wildman–Crippen LogP) is 4.52. The lowest BCUT2D eigenvalue weighted by molar-refractivity contribution is -0.144. The van der Waals surface area contributed by atoms with Crippen molar-refractivity contribution >= 4 is 5.97 Å². The minimum absolute atomic E-state index is 0.0820. The second kappa shape index (κ2) is 8.81. The van der Waals surface area contributed by atoms with E-state index in [0.717, 1.165) is 12.0 Å². The first-order valence-corrected chi connectivity index (χ1v) is 8.94. The third-order valence-electron chi connectivity index (χ3n) is 4.47. The lowest BCUT2D eigenvalue weighted by Gasteiger charge is -2.27. The van der Waals surface area contributed by atoms with Gasteiger partial charge in [0.15, 0.2) is 0 Å². The van der Waals surface area contributed by atoms with Crippen molar-refractivity contribution in [1.29, 1.82) is 0 Å². The normalized spacial score (nSPS) is 19.8. The van der Waals surface area contributed by atoms with Crippen LogP contribution in [0.15, 0.2) is 48.5 Å². The summed E-state index contributed by atoms with van der Waals surface area (Å²) < 4.78 is 30.5. The minimum atomic E-state index is -0.503. The lowest BCUT2D eigenvalue weighted by Crippen LogP contribution is -2.32. The molecule has 1 heterocycles. The predicted molar refractivity (Wildman–Crippen MR) is 95.6 cm³/mol. The Morgan fingerprint density at radius 1 is 1.19 bits per heavy atom. The molecule has 0 spiro atoms. The van der Waals surface area contributed by atoms with Gasteiger partial charge >= 0.3 is 5.97 Å². The number of esters is 1. The number of carbonyl (C=O) groups is 1. The molecule has 3 rings (SSSR count). The van der Waals surface area contributed by atoms with Gasteiger partial charge in [0.05, 0.1) is 12.0 Å². The quantitative estimate of drug-likeness (QED) is 0.563. The van der Waals surface area contributed by atoms with Crippen molar-refractivity contribution in [3.8, 4) is 11.5 Å². The molecule has 2 aromatic rings. The smallest absolute Gasteiger partial charge is 0.314 e. The summed E-state index contributed by atoms with van der Waals surface area (Å²) in [5.41, 5.74) is 0.975. The minimum Gasteiger partial charge on any atom is -0.489 e. The van der Waals surface area contributed by atoms with Crippen LogP contribution in [0.2, 0.25) is 0 Å². The third kappa shape index (κ3) is 5.05. The Morgan fingerprint density at radius 3 is 2.73 bits per heavy atom. The summed E-state index contributed by atoms with van der Waals surface area (Å²) in [7, 11) is 0. The van der Waals surface area contributed by atoms with Crippen molar-refractivity contribution in [1.82, 2.24) is 0 Å². The number of halogens is 1. The van der Waals surface area contributed by atoms with Crippen LogP contribution in [0.3, 0.4) is 0 Å². The molecule has 1 aliphatic rings. The molecule has 5 heteroatoms. The topological polar surface area (TPSA) is 44.8 Å². The third-order valence-corrected chi connectivity index (χ3v) is 4.47. The molecule has 2 unspecified atom stereocenters. The van der Waals surface area contributed by atoms with Crippen molar-refractivity contribution in [2.45, 2.75) is 38.9 Å². The van der Waals surface area contributed by atoms with Gasteiger partial charge < -0.3 is 14.2 Å². The van der Waals surface area contributed by atoms with Gasteiger partial charge in [0.25, 0.3) is 0 Å². The molecule has 1 fully saturated rings. The average molecular weight is 358 g/mol. The largest absolute Gasteiger partial charge is 0.489 e. The summed E-state index contributed by atoms with van der Waals surface area (Å²) in [6, 6.07) is 13.6. The van der Waals surface area contributed by atoms with Crippen LogP contribution in [0.4, 0.5) is 4.39 Å². The Hall–Kier alpha value is -2.40. The van der Waals surface area contributed by atoms with E-state index in [2.05, 4.69) is 0 Å². The Bertz CT molecular complexity index is 732. The molecular formula is C21H23FO4. The highest BCUT2D eigenvalue weighted by Gasteiger charge is 2.28. The second-order valence-electron chi connectivity index (χ2n) is 6.44. The average Bonchev–Trinajstić information content (AvgIpc) is 2.67. The first-order valence-electron chi connectivity index (χ1n) is 8.94. The zero-order chi connectivity index (χ0) is 18.4. The van der Waals surface area contributed by atoms with Crippen LogP contribution < -0.4 is 9.47 Å². The molecule has 0 bridgehead atoms. The first-order chi connectivity index (χ1) is 12.6.